The molecule has 1 N–H and O–H groups in total. The zero-order valence-corrected chi connectivity index (χ0v) is 12.6. The van der Waals surface area contributed by atoms with E-state index in [9.17, 15) is 4.79 Å². The summed E-state index contributed by atoms with van der Waals surface area (Å²) in [5.74, 6) is 1.28. The number of rotatable bonds is 4. The summed E-state index contributed by atoms with van der Waals surface area (Å²) in [6, 6.07) is 13.6. The lowest BCUT2D eigenvalue weighted by Gasteiger charge is -2.31. The highest BCUT2D eigenvalue weighted by Crippen LogP contribution is 2.40. The van der Waals surface area contributed by atoms with Crippen molar-refractivity contribution in [1.29, 1.82) is 0 Å². The molecule has 0 saturated heterocycles. The average molecular weight is 298 g/mol. The zero-order chi connectivity index (χ0) is 15.5. The summed E-state index contributed by atoms with van der Waals surface area (Å²) in [6.45, 7) is 0.805. The van der Waals surface area contributed by atoms with Crippen molar-refractivity contribution in [3.8, 4) is 11.5 Å². The average Bonchev–Trinajstić information content (AvgIpc) is 2.57. The van der Waals surface area contributed by atoms with Gasteiger partial charge in [-0.2, -0.15) is 0 Å². The van der Waals surface area contributed by atoms with Crippen LogP contribution >= 0.6 is 0 Å². The van der Waals surface area contributed by atoms with Gasteiger partial charge in [0.25, 0.3) is 0 Å². The smallest absolute Gasteiger partial charge is 0.246 e. The minimum Gasteiger partial charge on any atom is -0.493 e. The number of fused-ring (bicyclic) bond motifs is 1. The van der Waals surface area contributed by atoms with Crippen molar-refractivity contribution >= 4 is 17.3 Å². The highest BCUT2D eigenvalue weighted by Gasteiger charge is 2.26. The molecule has 0 unspecified atom stereocenters. The quantitative estimate of drug-likeness (QED) is 0.943. The second kappa shape index (κ2) is 5.97. The Labute approximate surface area is 129 Å². The summed E-state index contributed by atoms with van der Waals surface area (Å²) in [4.78, 5) is 14.1. The molecule has 1 heterocycles. The van der Waals surface area contributed by atoms with Gasteiger partial charge in [0.15, 0.2) is 11.5 Å². The van der Waals surface area contributed by atoms with Gasteiger partial charge in [-0.05, 0) is 5.56 Å². The maximum atomic E-state index is 12.3. The molecule has 2 aromatic rings. The van der Waals surface area contributed by atoms with Crippen LogP contribution in [0.5, 0.6) is 11.5 Å². The number of nitrogens with zero attached hydrogens (tertiary/aromatic N) is 1. The lowest BCUT2D eigenvalue weighted by atomic mass is 10.1. The van der Waals surface area contributed by atoms with E-state index < -0.39 is 0 Å². The van der Waals surface area contributed by atoms with Crippen LogP contribution in [0.15, 0.2) is 42.5 Å². The largest absolute Gasteiger partial charge is 0.493 e. The van der Waals surface area contributed by atoms with Gasteiger partial charge in [0.2, 0.25) is 5.91 Å². The van der Waals surface area contributed by atoms with Crippen LogP contribution in [0.2, 0.25) is 0 Å². The van der Waals surface area contributed by atoms with Crippen molar-refractivity contribution in [3.05, 3.63) is 48.0 Å². The number of methoxy groups -OCH3 is 2. The van der Waals surface area contributed by atoms with E-state index in [1.165, 1.54) is 0 Å². The van der Waals surface area contributed by atoms with Crippen LogP contribution < -0.4 is 19.7 Å². The molecule has 5 nitrogen and oxygen atoms in total. The molecule has 2 aromatic carbocycles. The van der Waals surface area contributed by atoms with Crippen LogP contribution in [0.25, 0.3) is 0 Å². The van der Waals surface area contributed by atoms with E-state index in [0.717, 1.165) is 16.9 Å². The van der Waals surface area contributed by atoms with Crippen molar-refractivity contribution in [3.63, 3.8) is 0 Å². The molecule has 1 amide bonds. The predicted molar refractivity (Wildman–Crippen MR) is 85.7 cm³/mol. The second-order valence-corrected chi connectivity index (χ2v) is 5.04. The lowest BCUT2D eigenvalue weighted by Crippen LogP contribution is -2.39. The van der Waals surface area contributed by atoms with Gasteiger partial charge in [-0.1, -0.05) is 30.3 Å². The number of benzene rings is 2. The van der Waals surface area contributed by atoms with Crippen molar-refractivity contribution < 1.29 is 14.3 Å². The molecule has 0 fully saturated rings. The number of anilines is 2. The summed E-state index contributed by atoms with van der Waals surface area (Å²) < 4.78 is 10.7. The minimum atomic E-state index is 0.0311. The van der Waals surface area contributed by atoms with E-state index in [1.54, 1.807) is 19.1 Å². The van der Waals surface area contributed by atoms with E-state index in [2.05, 4.69) is 5.32 Å². The molecule has 1 aliphatic heterocycles. The third kappa shape index (κ3) is 2.57. The molecule has 5 heteroatoms. The molecule has 0 aromatic heterocycles. The van der Waals surface area contributed by atoms with Crippen LogP contribution in [0.4, 0.5) is 11.4 Å². The molecule has 0 atom stereocenters. The standard InChI is InChI=1S/C17H18N2O3/c1-21-15-8-13-14(9-16(15)22-2)19(17(20)10-18-13)11-12-6-4-3-5-7-12/h3-9,18H,10-11H2,1-2H3. The molecule has 3 rings (SSSR count). The number of hydrogen-bond donors (Lipinski definition) is 1. The summed E-state index contributed by atoms with van der Waals surface area (Å²) in [7, 11) is 3.18. The molecule has 22 heavy (non-hydrogen) atoms. The number of ether oxygens (including phenoxy) is 2. The summed E-state index contributed by atoms with van der Waals surface area (Å²) in [5, 5.41) is 3.13. The molecule has 0 spiro atoms. The first kappa shape index (κ1) is 14.3. The van der Waals surface area contributed by atoms with Crippen LogP contribution in [0.1, 0.15) is 5.56 Å². The van der Waals surface area contributed by atoms with Crippen LogP contribution in [0, 0.1) is 0 Å². The summed E-state index contributed by atoms with van der Waals surface area (Å²) >= 11 is 0. The number of amides is 1. The van der Waals surface area contributed by atoms with Gasteiger partial charge in [-0.25, -0.2) is 0 Å². The first-order valence-corrected chi connectivity index (χ1v) is 7.07. The molecular weight excluding hydrogens is 280 g/mol. The van der Waals surface area contributed by atoms with Gasteiger partial charge < -0.3 is 19.7 Å². The Kier molecular flexibility index (Phi) is 3.87. The van der Waals surface area contributed by atoms with Gasteiger partial charge >= 0.3 is 0 Å². The Balaban J connectivity index is 2.00. The maximum absolute atomic E-state index is 12.3. The zero-order valence-electron chi connectivity index (χ0n) is 12.6. The topological polar surface area (TPSA) is 50.8 Å². The van der Waals surface area contributed by atoms with Gasteiger partial charge in [0.1, 0.15) is 0 Å². The third-order valence-electron chi connectivity index (χ3n) is 3.71. The van der Waals surface area contributed by atoms with Gasteiger partial charge in [0.05, 0.1) is 38.7 Å². The normalized spacial score (nSPS) is 13.4. The SMILES string of the molecule is COc1cc2c(cc1OC)N(Cc1ccccc1)C(=O)CN2. The fourth-order valence-electron chi connectivity index (χ4n) is 2.57. The van der Waals surface area contributed by atoms with Crippen LogP contribution in [-0.2, 0) is 11.3 Å². The Morgan fingerprint density at radius 2 is 1.77 bits per heavy atom. The van der Waals surface area contributed by atoms with Gasteiger partial charge in [0, 0.05) is 12.1 Å². The van der Waals surface area contributed by atoms with Crippen molar-refractivity contribution in [2.24, 2.45) is 0 Å². The number of hydrogen-bond acceptors (Lipinski definition) is 4. The molecule has 0 radical (unpaired) electrons. The third-order valence-corrected chi connectivity index (χ3v) is 3.71. The Hall–Kier alpha value is -2.69. The minimum absolute atomic E-state index is 0.0311. The monoisotopic (exact) mass is 298 g/mol. The van der Waals surface area contributed by atoms with E-state index in [0.29, 0.717) is 18.0 Å². The Morgan fingerprint density at radius 1 is 1.09 bits per heavy atom. The summed E-state index contributed by atoms with van der Waals surface area (Å²) in [5.41, 5.74) is 2.75. The van der Waals surface area contributed by atoms with Gasteiger partial charge in [-0.15, -0.1) is 0 Å². The molecule has 114 valence electrons. The first-order chi connectivity index (χ1) is 10.7. The summed E-state index contributed by atoms with van der Waals surface area (Å²) in [6.07, 6.45) is 0. The fourth-order valence-corrected chi connectivity index (χ4v) is 2.57. The number of carbonyl (C=O) groups is 1. The van der Waals surface area contributed by atoms with Crippen molar-refractivity contribution in [2.75, 3.05) is 31.0 Å². The lowest BCUT2D eigenvalue weighted by molar-refractivity contribution is -0.117. The molecule has 0 saturated carbocycles. The highest BCUT2D eigenvalue weighted by molar-refractivity contribution is 6.03. The molecule has 0 bridgehead atoms. The highest BCUT2D eigenvalue weighted by atomic mass is 16.5. The van der Waals surface area contributed by atoms with Crippen molar-refractivity contribution in [2.45, 2.75) is 6.54 Å². The predicted octanol–water partition coefficient (Wildman–Crippen LogP) is 2.66. The molecular formula is C17H18N2O3. The molecule has 0 aliphatic carbocycles. The Morgan fingerprint density at radius 3 is 2.45 bits per heavy atom. The first-order valence-electron chi connectivity index (χ1n) is 7.07. The number of carbonyl (C=O) groups excluding carboxylic acids is 1. The van der Waals surface area contributed by atoms with Crippen molar-refractivity contribution in [1.82, 2.24) is 0 Å². The number of nitrogens with one attached hydrogen (secondary N) is 1. The van der Waals surface area contributed by atoms with E-state index in [-0.39, 0.29) is 12.5 Å². The second-order valence-electron chi connectivity index (χ2n) is 5.04. The maximum Gasteiger partial charge on any atom is 0.246 e. The van der Waals surface area contributed by atoms with Crippen LogP contribution in [-0.4, -0.2) is 26.7 Å². The van der Waals surface area contributed by atoms with E-state index in [1.807, 2.05) is 42.5 Å². The molecule has 1 aliphatic rings. The van der Waals surface area contributed by atoms with Crippen LogP contribution in [0.3, 0.4) is 0 Å². The van der Waals surface area contributed by atoms with E-state index in [4.69, 9.17) is 9.47 Å². The fraction of sp³-hybridized carbons (Fsp3) is 0.235. The Bertz CT molecular complexity index is 686. The van der Waals surface area contributed by atoms with E-state index >= 15 is 0 Å². The van der Waals surface area contributed by atoms with Gasteiger partial charge in [-0.3, -0.25) is 4.79 Å².